The fourth-order valence-electron chi connectivity index (χ4n) is 3.46. The number of hydrazone groups is 1. The number of carbonyl (C=O) groups is 1. The summed E-state index contributed by atoms with van der Waals surface area (Å²) in [4.78, 5) is 11.9. The second-order valence-corrected chi connectivity index (χ2v) is 6.45. The lowest BCUT2D eigenvalue weighted by Crippen LogP contribution is -2.48. The zero-order chi connectivity index (χ0) is 14.3. The van der Waals surface area contributed by atoms with E-state index in [-0.39, 0.29) is 5.91 Å². The van der Waals surface area contributed by atoms with Crippen LogP contribution < -0.4 is 5.43 Å². The molecular formula is C16H21N3O. The molecule has 1 amide bonds. The summed E-state index contributed by atoms with van der Waals surface area (Å²) in [6.07, 6.45) is 8.33. The number of amides is 1. The molecule has 4 rings (SSSR count). The Kier molecular flexibility index (Phi) is 3.04. The van der Waals surface area contributed by atoms with E-state index in [0.29, 0.717) is 17.0 Å². The maximum absolute atomic E-state index is 11.9. The molecule has 1 heterocycles. The fourth-order valence-corrected chi connectivity index (χ4v) is 3.46. The van der Waals surface area contributed by atoms with E-state index in [1.807, 2.05) is 25.5 Å². The van der Waals surface area contributed by atoms with Gasteiger partial charge in [0.25, 0.3) is 5.91 Å². The number of nitrogens with zero attached hydrogens (tertiary/aromatic N) is 2. The maximum Gasteiger partial charge on any atom is 0.287 e. The van der Waals surface area contributed by atoms with Crippen molar-refractivity contribution in [2.24, 2.45) is 29.4 Å². The molecule has 0 aromatic carbocycles. The number of aromatic nitrogens is 1. The largest absolute Gasteiger partial charge is 0.347 e. The Morgan fingerprint density at radius 1 is 1.55 bits per heavy atom. The van der Waals surface area contributed by atoms with Gasteiger partial charge in [-0.15, -0.1) is 0 Å². The van der Waals surface area contributed by atoms with Crippen LogP contribution in [-0.4, -0.2) is 16.7 Å². The summed E-state index contributed by atoms with van der Waals surface area (Å²) in [5, 5.41) is 4.13. The number of hydrogen-bond acceptors (Lipinski definition) is 2. The minimum absolute atomic E-state index is 0.170. The first-order valence-corrected chi connectivity index (χ1v) is 7.15. The molecule has 4 heteroatoms. The van der Waals surface area contributed by atoms with Crippen LogP contribution in [-0.2, 0) is 7.05 Å². The van der Waals surface area contributed by atoms with E-state index in [4.69, 9.17) is 0 Å². The van der Waals surface area contributed by atoms with Gasteiger partial charge in [-0.1, -0.05) is 19.9 Å². The van der Waals surface area contributed by atoms with Crippen molar-refractivity contribution in [1.29, 1.82) is 0 Å². The monoisotopic (exact) mass is 271 g/mol. The van der Waals surface area contributed by atoms with Gasteiger partial charge in [0, 0.05) is 13.2 Å². The van der Waals surface area contributed by atoms with Crippen molar-refractivity contribution in [3.63, 3.8) is 0 Å². The molecule has 0 radical (unpaired) electrons. The van der Waals surface area contributed by atoms with Gasteiger partial charge in [-0.2, -0.15) is 5.10 Å². The summed E-state index contributed by atoms with van der Waals surface area (Å²) in [5.41, 5.74) is 4.88. The lowest BCUT2D eigenvalue weighted by molar-refractivity contribution is -0.00126. The molecule has 0 saturated heterocycles. The van der Waals surface area contributed by atoms with Gasteiger partial charge in [-0.25, -0.2) is 5.43 Å². The summed E-state index contributed by atoms with van der Waals surface area (Å²) < 4.78 is 1.78. The van der Waals surface area contributed by atoms with E-state index in [0.717, 1.165) is 12.3 Å². The van der Waals surface area contributed by atoms with Crippen LogP contribution in [0.25, 0.3) is 0 Å². The van der Waals surface area contributed by atoms with Crippen molar-refractivity contribution in [3.05, 3.63) is 35.7 Å². The molecule has 0 spiro atoms. The van der Waals surface area contributed by atoms with Crippen molar-refractivity contribution in [1.82, 2.24) is 9.99 Å². The third-order valence-corrected chi connectivity index (χ3v) is 5.07. The van der Waals surface area contributed by atoms with E-state index < -0.39 is 0 Å². The Balaban J connectivity index is 1.63. The molecule has 20 heavy (non-hydrogen) atoms. The third-order valence-electron chi connectivity index (χ3n) is 5.07. The minimum Gasteiger partial charge on any atom is -0.347 e. The predicted molar refractivity (Wildman–Crippen MR) is 79.4 cm³/mol. The molecule has 3 aliphatic rings. The Labute approximate surface area is 119 Å². The van der Waals surface area contributed by atoms with Crippen LogP contribution in [0.2, 0.25) is 0 Å². The van der Waals surface area contributed by atoms with E-state index in [1.165, 1.54) is 12.0 Å². The second kappa shape index (κ2) is 4.62. The second-order valence-electron chi connectivity index (χ2n) is 6.45. The maximum atomic E-state index is 11.9. The number of fused-ring (bicyclic) bond motifs is 1. The molecule has 3 aliphatic carbocycles. The highest BCUT2D eigenvalue weighted by atomic mass is 16.2. The Morgan fingerprint density at radius 3 is 2.95 bits per heavy atom. The molecule has 106 valence electrons. The Hall–Kier alpha value is -1.84. The number of aryl methyl sites for hydroxylation is 1. The quantitative estimate of drug-likeness (QED) is 0.667. The normalized spacial score (nSPS) is 27.1. The molecule has 0 aliphatic heterocycles. The Bertz CT molecular complexity index is 595. The van der Waals surface area contributed by atoms with E-state index >= 15 is 0 Å². The van der Waals surface area contributed by atoms with Crippen LogP contribution in [0.3, 0.4) is 0 Å². The first-order chi connectivity index (χ1) is 9.50. The lowest BCUT2D eigenvalue weighted by atomic mass is 9.49. The van der Waals surface area contributed by atoms with Gasteiger partial charge in [0.15, 0.2) is 0 Å². The molecule has 1 fully saturated rings. The van der Waals surface area contributed by atoms with Crippen molar-refractivity contribution in [2.75, 3.05) is 0 Å². The van der Waals surface area contributed by atoms with Crippen LogP contribution in [0.15, 0.2) is 35.1 Å². The van der Waals surface area contributed by atoms with E-state index in [9.17, 15) is 4.79 Å². The molecule has 1 N–H and O–H groups in total. The average Bonchev–Trinajstić information content (AvgIpc) is 2.85. The van der Waals surface area contributed by atoms with Crippen molar-refractivity contribution < 1.29 is 4.79 Å². The number of hydrogen-bond donors (Lipinski definition) is 1. The van der Waals surface area contributed by atoms with Crippen LogP contribution in [0.1, 0.15) is 37.2 Å². The first kappa shape index (κ1) is 13.2. The number of nitrogens with one attached hydrogen (secondary N) is 1. The predicted octanol–water partition coefficient (Wildman–Crippen LogP) is 2.73. The standard InChI is InChI=1S/C16H21N3O/c1-16(2)12-7-6-11(13(16)9-12)10-17-18-15(20)14-5-4-8-19(14)3/h4-6,8,10,12-13H,7,9H2,1-3H3,(H,18,20). The molecule has 2 bridgehead atoms. The zero-order valence-electron chi connectivity index (χ0n) is 12.3. The number of carbonyl (C=O) groups excluding carboxylic acids is 1. The van der Waals surface area contributed by atoms with Gasteiger partial charge in [-0.05, 0) is 47.8 Å². The summed E-state index contributed by atoms with van der Waals surface area (Å²) in [6.45, 7) is 4.66. The van der Waals surface area contributed by atoms with Gasteiger partial charge in [-0.3, -0.25) is 4.79 Å². The van der Waals surface area contributed by atoms with Gasteiger partial charge in [0.2, 0.25) is 0 Å². The summed E-state index contributed by atoms with van der Waals surface area (Å²) in [7, 11) is 1.85. The molecule has 1 aromatic rings. The molecule has 2 atom stereocenters. The Morgan fingerprint density at radius 2 is 2.35 bits per heavy atom. The molecule has 1 aromatic heterocycles. The summed E-state index contributed by atoms with van der Waals surface area (Å²) in [5.74, 6) is 1.25. The van der Waals surface area contributed by atoms with E-state index in [1.54, 1.807) is 10.6 Å². The highest BCUT2D eigenvalue weighted by Gasteiger charge is 2.50. The van der Waals surface area contributed by atoms with Gasteiger partial charge in [0.1, 0.15) is 5.69 Å². The summed E-state index contributed by atoms with van der Waals surface area (Å²) >= 11 is 0. The van der Waals surface area contributed by atoms with Crippen LogP contribution in [0, 0.1) is 17.3 Å². The highest BCUT2D eigenvalue weighted by molar-refractivity contribution is 5.93. The molecule has 2 unspecified atom stereocenters. The molecular weight excluding hydrogens is 250 g/mol. The van der Waals surface area contributed by atoms with Gasteiger partial charge in [0.05, 0.1) is 6.21 Å². The molecule has 4 nitrogen and oxygen atoms in total. The van der Waals surface area contributed by atoms with Crippen molar-refractivity contribution in [3.8, 4) is 0 Å². The van der Waals surface area contributed by atoms with Crippen molar-refractivity contribution >= 4 is 12.1 Å². The van der Waals surface area contributed by atoms with Crippen molar-refractivity contribution in [2.45, 2.75) is 26.7 Å². The topological polar surface area (TPSA) is 46.4 Å². The highest BCUT2D eigenvalue weighted by Crippen LogP contribution is 2.58. The first-order valence-electron chi connectivity index (χ1n) is 7.15. The van der Waals surface area contributed by atoms with E-state index in [2.05, 4.69) is 30.5 Å². The van der Waals surface area contributed by atoms with Crippen LogP contribution in [0.5, 0.6) is 0 Å². The van der Waals surface area contributed by atoms with Crippen LogP contribution >= 0.6 is 0 Å². The SMILES string of the molecule is Cn1cccc1C(=O)NN=CC1=CCC2CC1C2(C)C. The lowest BCUT2D eigenvalue weighted by Gasteiger charge is -2.55. The number of rotatable bonds is 3. The average molecular weight is 271 g/mol. The van der Waals surface area contributed by atoms with Gasteiger partial charge >= 0.3 is 0 Å². The van der Waals surface area contributed by atoms with Gasteiger partial charge < -0.3 is 4.57 Å². The molecule has 1 saturated carbocycles. The summed E-state index contributed by atoms with van der Waals surface area (Å²) in [6, 6.07) is 3.63. The minimum atomic E-state index is -0.170. The smallest absolute Gasteiger partial charge is 0.287 e. The fraction of sp³-hybridized carbons (Fsp3) is 0.500. The third kappa shape index (κ3) is 1.99. The zero-order valence-corrected chi connectivity index (χ0v) is 12.3. The van der Waals surface area contributed by atoms with Crippen LogP contribution in [0.4, 0.5) is 0 Å². The number of allylic oxidation sites excluding steroid dienone is 2.